The number of guanidine groups is 1. The highest BCUT2D eigenvalue weighted by molar-refractivity contribution is 6.31. The molecule has 1 aromatic carbocycles. The lowest BCUT2D eigenvalue weighted by Crippen LogP contribution is -2.84. The Balaban J connectivity index is 2.23. The second kappa shape index (κ2) is 8.13. The first-order valence-corrected chi connectivity index (χ1v) is 7.28. The van der Waals surface area contributed by atoms with Gasteiger partial charge in [0.05, 0.1) is 19.6 Å². The SMILES string of the molecule is COC1=NC#CC(C[NH2+]C=NC(=N)N)C=C1c1cccc(Cl)c1. The molecule has 1 atom stereocenters. The second-order valence-electron chi connectivity index (χ2n) is 4.71. The summed E-state index contributed by atoms with van der Waals surface area (Å²) in [6, 6.07) is 10.2. The number of aliphatic imine (C=N–C) groups is 2. The van der Waals surface area contributed by atoms with Crippen LogP contribution in [0.5, 0.6) is 0 Å². The Morgan fingerprint density at radius 2 is 2.43 bits per heavy atom. The predicted molar refractivity (Wildman–Crippen MR) is 92.3 cm³/mol. The molecule has 23 heavy (non-hydrogen) atoms. The smallest absolute Gasteiger partial charge is 0.229 e. The van der Waals surface area contributed by atoms with E-state index in [-0.39, 0.29) is 11.9 Å². The first-order chi connectivity index (χ1) is 11.1. The van der Waals surface area contributed by atoms with Gasteiger partial charge in [0.2, 0.25) is 11.9 Å². The van der Waals surface area contributed by atoms with E-state index in [9.17, 15) is 0 Å². The number of nitrogens with zero attached hydrogens (tertiary/aromatic N) is 2. The van der Waals surface area contributed by atoms with Crippen molar-refractivity contribution in [3.63, 3.8) is 0 Å². The van der Waals surface area contributed by atoms with Crippen LogP contribution >= 0.6 is 11.6 Å². The molecule has 0 amide bonds. The van der Waals surface area contributed by atoms with Gasteiger partial charge in [0, 0.05) is 16.6 Å². The highest BCUT2D eigenvalue weighted by atomic mass is 35.5. The Morgan fingerprint density at radius 1 is 1.61 bits per heavy atom. The molecule has 0 saturated carbocycles. The van der Waals surface area contributed by atoms with Crippen molar-refractivity contribution in [2.75, 3.05) is 13.7 Å². The third-order valence-electron chi connectivity index (χ3n) is 3.04. The van der Waals surface area contributed by atoms with E-state index < -0.39 is 0 Å². The number of ether oxygens (including phenoxy) is 1. The molecule has 0 fully saturated rings. The number of benzene rings is 1. The monoisotopic (exact) mass is 330 g/mol. The third-order valence-corrected chi connectivity index (χ3v) is 3.28. The second-order valence-corrected chi connectivity index (χ2v) is 5.15. The number of rotatable bonds is 4. The van der Waals surface area contributed by atoms with E-state index in [1.54, 1.807) is 7.11 Å². The molecule has 0 aliphatic carbocycles. The van der Waals surface area contributed by atoms with E-state index in [4.69, 9.17) is 27.5 Å². The van der Waals surface area contributed by atoms with E-state index in [0.717, 1.165) is 11.1 Å². The largest absolute Gasteiger partial charge is 0.480 e. The molecule has 2 rings (SSSR count). The Kier molecular flexibility index (Phi) is 5.92. The maximum Gasteiger partial charge on any atom is 0.229 e. The number of nitrogens with one attached hydrogen (secondary N) is 1. The average Bonchev–Trinajstić information content (AvgIpc) is 2.73. The quantitative estimate of drug-likeness (QED) is 0.433. The van der Waals surface area contributed by atoms with Crippen molar-refractivity contribution in [2.45, 2.75) is 0 Å². The molecule has 0 aromatic heterocycles. The summed E-state index contributed by atoms with van der Waals surface area (Å²) in [6.07, 6.45) is 3.49. The number of quaternary nitrogens is 1. The van der Waals surface area contributed by atoms with Crippen LogP contribution in [-0.2, 0) is 4.74 Å². The van der Waals surface area contributed by atoms with Crippen molar-refractivity contribution in [2.24, 2.45) is 21.6 Å². The van der Waals surface area contributed by atoms with Gasteiger partial charge >= 0.3 is 0 Å². The van der Waals surface area contributed by atoms with Crippen LogP contribution in [0.3, 0.4) is 0 Å². The summed E-state index contributed by atoms with van der Waals surface area (Å²) in [5.74, 6) is 3.22. The molecule has 6 nitrogen and oxygen atoms in total. The van der Waals surface area contributed by atoms with Crippen LogP contribution in [0.15, 0.2) is 40.3 Å². The molecule has 0 radical (unpaired) electrons. The van der Waals surface area contributed by atoms with E-state index in [2.05, 4.69) is 21.9 Å². The van der Waals surface area contributed by atoms with Gasteiger partial charge in [0.25, 0.3) is 0 Å². The standard InChI is InChI=1S/C16H16ClN5O/c1-23-15-14(12-3-2-4-13(17)8-12)7-11(5-6-21-15)9-20-10-22-16(18)19/h2-4,7-8,10-11H,9H2,1H3,(H4,18,19,20,22)/p+1. The van der Waals surface area contributed by atoms with Crippen molar-refractivity contribution in [1.82, 2.24) is 0 Å². The van der Waals surface area contributed by atoms with Crippen molar-refractivity contribution in [3.05, 3.63) is 40.9 Å². The minimum atomic E-state index is -0.228. The van der Waals surface area contributed by atoms with Crippen molar-refractivity contribution in [3.8, 4) is 12.0 Å². The molecular formula is C16H17ClN5O+. The minimum Gasteiger partial charge on any atom is -0.480 e. The third kappa shape index (κ3) is 4.95. The van der Waals surface area contributed by atoms with Crippen molar-refractivity contribution >= 4 is 35.4 Å². The zero-order valence-electron chi connectivity index (χ0n) is 12.6. The number of halogens is 1. The number of hydrogen-bond acceptors (Lipinski definition) is 3. The molecule has 118 valence electrons. The molecule has 1 heterocycles. The van der Waals surface area contributed by atoms with Gasteiger partial charge in [0.1, 0.15) is 0 Å². The van der Waals surface area contributed by atoms with Gasteiger partial charge in [0.15, 0.2) is 6.34 Å². The van der Waals surface area contributed by atoms with E-state index >= 15 is 0 Å². The lowest BCUT2D eigenvalue weighted by atomic mass is 10.00. The van der Waals surface area contributed by atoms with Crippen molar-refractivity contribution in [1.29, 1.82) is 5.41 Å². The molecule has 5 N–H and O–H groups in total. The van der Waals surface area contributed by atoms with E-state index in [0.29, 0.717) is 17.5 Å². The van der Waals surface area contributed by atoms with Gasteiger partial charge in [-0.25, -0.2) is 0 Å². The summed E-state index contributed by atoms with van der Waals surface area (Å²) in [7, 11) is 1.56. The number of methoxy groups -OCH3 is 1. The summed E-state index contributed by atoms with van der Waals surface area (Å²) in [4.78, 5) is 7.85. The Hall–Kier alpha value is -2.62. The molecule has 1 unspecified atom stereocenters. The molecule has 0 spiro atoms. The fourth-order valence-electron chi connectivity index (χ4n) is 2.04. The lowest BCUT2D eigenvalue weighted by Gasteiger charge is -2.10. The zero-order chi connectivity index (χ0) is 16.7. The topological polar surface area (TPSA) is 100 Å². The highest BCUT2D eigenvalue weighted by Gasteiger charge is 2.16. The Bertz CT molecular complexity index is 742. The van der Waals surface area contributed by atoms with E-state index in [1.165, 1.54) is 6.34 Å². The maximum atomic E-state index is 7.04. The normalized spacial score (nSPS) is 16.9. The Morgan fingerprint density at radius 3 is 3.13 bits per heavy atom. The minimum absolute atomic E-state index is 0.0567. The van der Waals surface area contributed by atoms with Gasteiger partial charge < -0.3 is 15.8 Å². The molecule has 1 aliphatic heterocycles. The Labute approximate surface area is 139 Å². The molecule has 1 aromatic rings. The summed E-state index contributed by atoms with van der Waals surface area (Å²) in [5.41, 5.74) is 6.90. The fourth-order valence-corrected chi connectivity index (χ4v) is 2.23. The summed E-state index contributed by atoms with van der Waals surface area (Å²) >= 11 is 6.07. The summed E-state index contributed by atoms with van der Waals surface area (Å²) in [6.45, 7) is 0.625. The van der Waals surface area contributed by atoms with Gasteiger partial charge in [-0.15, -0.1) is 0 Å². The van der Waals surface area contributed by atoms with Crippen molar-refractivity contribution < 1.29 is 10.1 Å². The molecule has 1 aliphatic rings. The van der Waals surface area contributed by atoms with Gasteiger partial charge in [-0.05, 0) is 17.7 Å². The zero-order valence-corrected chi connectivity index (χ0v) is 13.3. The summed E-state index contributed by atoms with van der Waals surface area (Å²) in [5, 5.41) is 9.49. The van der Waals surface area contributed by atoms with Crippen LogP contribution in [-0.4, -0.2) is 31.9 Å². The van der Waals surface area contributed by atoms with Crippen LogP contribution in [0.25, 0.3) is 5.57 Å². The molecular weight excluding hydrogens is 314 g/mol. The predicted octanol–water partition coefficient (Wildman–Crippen LogP) is 0.844. The van der Waals surface area contributed by atoms with Gasteiger partial charge in [-0.3, -0.25) is 5.41 Å². The van der Waals surface area contributed by atoms with Crippen LogP contribution < -0.4 is 11.1 Å². The van der Waals surface area contributed by atoms with E-state index in [1.807, 2.05) is 35.7 Å². The van der Waals surface area contributed by atoms with Crippen LogP contribution in [0.2, 0.25) is 5.02 Å². The molecule has 0 bridgehead atoms. The molecule has 0 saturated heterocycles. The fraction of sp³-hybridized carbons (Fsp3) is 0.188. The van der Waals surface area contributed by atoms with Gasteiger partial charge in [-0.2, -0.15) is 9.98 Å². The van der Waals surface area contributed by atoms with Crippen LogP contribution in [0.4, 0.5) is 0 Å². The first kappa shape index (κ1) is 16.7. The summed E-state index contributed by atoms with van der Waals surface area (Å²) < 4.78 is 5.34. The molecule has 7 heteroatoms. The highest BCUT2D eigenvalue weighted by Crippen LogP contribution is 2.23. The average molecular weight is 331 g/mol. The lowest BCUT2D eigenvalue weighted by molar-refractivity contribution is -0.533. The van der Waals surface area contributed by atoms with Crippen LogP contribution in [0.1, 0.15) is 5.56 Å². The maximum absolute atomic E-state index is 7.04. The number of nitrogens with two attached hydrogens (primary N) is 2. The number of hydrogen-bond donors (Lipinski definition) is 3. The van der Waals surface area contributed by atoms with Gasteiger partial charge in [-0.1, -0.05) is 35.7 Å². The first-order valence-electron chi connectivity index (χ1n) is 6.90. The van der Waals surface area contributed by atoms with Crippen LogP contribution in [0, 0.1) is 23.3 Å².